The molecule has 0 aliphatic carbocycles. The van der Waals surface area contributed by atoms with Crippen molar-refractivity contribution in [3.05, 3.63) is 30.5 Å². The molecule has 2 aromatic heterocycles. The van der Waals surface area contributed by atoms with Crippen molar-refractivity contribution in [2.45, 2.75) is 11.8 Å². The summed E-state index contributed by atoms with van der Waals surface area (Å²) in [5.74, 6) is 1.58. The van der Waals surface area contributed by atoms with E-state index < -0.39 is 10.0 Å². The molecule has 0 spiro atoms. The number of rotatable bonds is 3. The molecule has 122 valence electrons. The zero-order valence-electron chi connectivity index (χ0n) is 12.7. The van der Waals surface area contributed by atoms with E-state index in [4.69, 9.17) is 0 Å². The summed E-state index contributed by atoms with van der Waals surface area (Å²) in [5, 5.41) is 3.49. The molecule has 4 heterocycles. The molecule has 0 amide bonds. The van der Waals surface area contributed by atoms with Crippen LogP contribution in [0.15, 0.2) is 34.4 Å². The van der Waals surface area contributed by atoms with Crippen LogP contribution >= 0.6 is 0 Å². The smallest absolute Gasteiger partial charge is 0.247 e. The Morgan fingerprint density at radius 1 is 1.17 bits per heavy atom. The maximum Gasteiger partial charge on any atom is 0.247 e. The topological polar surface area (TPSA) is 92.4 Å². The van der Waals surface area contributed by atoms with Crippen LogP contribution in [-0.4, -0.2) is 54.0 Å². The highest BCUT2D eigenvalue weighted by Crippen LogP contribution is 2.36. The van der Waals surface area contributed by atoms with Crippen LogP contribution in [0.4, 0.5) is 5.82 Å². The summed E-state index contributed by atoms with van der Waals surface area (Å²) in [7, 11) is -3.49. The molecule has 0 saturated carbocycles. The molecule has 2 saturated heterocycles. The molecule has 0 N–H and O–H groups in total. The van der Waals surface area contributed by atoms with Gasteiger partial charge in [0.05, 0.1) is 6.20 Å². The first-order chi connectivity index (χ1) is 11.1. The molecule has 2 aliphatic heterocycles. The normalized spacial score (nSPS) is 25.0. The SMILES string of the molecule is Cc1cncnc1N1CC2CN(S(=O)(=O)c3cnoc3)CC2C1. The molecule has 9 heteroatoms. The van der Waals surface area contributed by atoms with E-state index in [2.05, 4.69) is 24.5 Å². The Bertz CT molecular complexity index is 794. The van der Waals surface area contributed by atoms with Gasteiger partial charge in [-0.3, -0.25) is 0 Å². The first-order valence-corrected chi connectivity index (χ1v) is 8.91. The van der Waals surface area contributed by atoms with Crippen LogP contribution in [0.25, 0.3) is 0 Å². The molecule has 4 rings (SSSR count). The van der Waals surface area contributed by atoms with Crippen LogP contribution in [0.3, 0.4) is 0 Å². The predicted molar refractivity (Wildman–Crippen MR) is 81.2 cm³/mol. The fraction of sp³-hybridized carbons (Fsp3) is 0.500. The lowest BCUT2D eigenvalue weighted by atomic mass is 10.0. The van der Waals surface area contributed by atoms with Crippen molar-refractivity contribution in [1.29, 1.82) is 0 Å². The minimum absolute atomic E-state index is 0.126. The maximum atomic E-state index is 12.5. The summed E-state index contributed by atoms with van der Waals surface area (Å²) in [4.78, 5) is 10.7. The van der Waals surface area contributed by atoms with Gasteiger partial charge in [0.25, 0.3) is 0 Å². The fourth-order valence-electron chi connectivity index (χ4n) is 3.51. The Labute approximate surface area is 134 Å². The van der Waals surface area contributed by atoms with Crippen LogP contribution in [0, 0.1) is 18.8 Å². The lowest BCUT2D eigenvalue weighted by Gasteiger charge is -2.22. The van der Waals surface area contributed by atoms with Crippen LogP contribution in [-0.2, 0) is 10.0 Å². The second-order valence-corrected chi connectivity index (χ2v) is 8.07. The summed E-state index contributed by atoms with van der Waals surface area (Å²) in [6.07, 6.45) is 5.79. The lowest BCUT2D eigenvalue weighted by Crippen LogP contribution is -2.33. The number of sulfonamides is 1. The number of hydrogen-bond donors (Lipinski definition) is 0. The number of fused-ring (bicyclic) bond motifs is 1. The highest BCUT2D eigenvalue weighted by molar-refractivity contribution is 7.89. The van der Waals surface area contributed by atoms with Crippen molar-refractivity contribution in [2.75, 3.05) is 31.1 Å². The maximum absolute atomic E-state index is 12.5. The van der Waals surface area contributed by atoms with E-state index in [0.717, 1.165) is 24.5 Å². The van der Waals surface area contributed by atoms with Crippen molar-refractivity contribution >= 4 is 15.8 Å². The highest BCUT2D eigenvalue weighted by Gasteiger charge is 2.45. The van der Waals surface area contributed by atoms with Crippen molar-refractivity contribution in [3.8, 4) is 0 Å². The number of aryl methyl sites for hydroxylation is 1. The molecule has 23 heavy (non-hydrogen) atoms. The second kappa shape index (κ2) is 5.27. The van der Waals surface area contributed by atoms with Crippen LogP contribution in [0.2, 0.25) is 0 Å². The number of hydrogen-bond acceptors (Lipinski definition) is 7. The molecule has 8 nitrogen and oxygen atoms in total. The molecule has 2 fully saturated rings. The van der Waals surface area contributed by atoms with Gasteiger partial charge in [0.2, 0.25) is 10.0 Å². The molecule has 0 aromatic carbocycles. The van der Waals surface area contributed by atoms with Crippen LogP contribution < -0.4 is 4.90 Å². The number of nitrogens with zero attached hydrogens (tertiary/aromatic N) is 5. The van der Waals surface area contributed by atoms with Crippen molar-refractivity contribution in [1.82, 2.24) is 19.4 Å². The van der Waals surface area contributed by atoms with Gasteiger partial charge in [-0.2, -0.15) is 4.31 Å². The largest absolute Gasteiger partial charge is 0.363 e. The first kappa shape index (κ1) is 14.6. The van der Waals surface area contributed by atoms with Gasteiger partial charge in [0, 0.05) is 37.9 Å². The third-order valence-corrected chi connectivity index (χ3v) is 6.44. The van der Waals surface area contributed by atoms with E-state index in [1.54, 1.807) is 16.8 Å². The molecule has 2 aromatic rings. The summed E-state index contributed by atoms with van der Waals surface area (Å²) >= 11 is 0. The van der Waals surface area contributed by atoms with Crippen LogP contribution in [0.1, 0.15) is 5.56 Å². The van der Waals surface area contributed by atoms with E-state index in [1.807, 2.05) is 6.92 Å². The average molecular weight is 335 g/mol. The van der Waals surface area contributed by atoms with Gasteiger partial charge in [-0.25, -0.2) is 18.4 Å². The third kappa shape index (κ3) is 2.40. The quantitative estimate of drug-likeness (QED) is 0.808. The molecular formula is C14H17N5O3S. The zero-order chi connectivity index (χ0) is 16.0. The Balaban J connectivity index is 1.50. The van der Waals surface area contributed by atoms with Crippen molar-refractivity contribution in [3.63, 3.8) is 0 Å². The monoisotopic (exact) mass is 335 g/mol. The molecule has 2 aliphatic rings. The van der Waals surface area contributed by atoms with Gasteiger partial charge in [0.15, 0.2) is 0 Å². The number of aromatic nitrogens is 3. The Morgan fingerprint density at radius 2 is 1.91 bits per heavy atom. The van der Waals surface area contributed by atoms with E-state index in [-0.39, 0.29) is 4.90 Å². The van der Waals surface area contributed by atoms with Gasteiger partial charge in [-0.05, 0) is 18.8 Å². The van der Waals surface area contributed by atoms with Gasteiger partial charge in [-0.1, -0.05) is 5.16 Å². The minimum atomic E-state index is -3.49. The number of anilines is 1. The fourth-order valence-corrected chi connectivity index (χ4v) is 4.93. The van der Waals surface area contributed by atoms with E-state index in [1.165, 1.54) is 12.5 Å². The molecule has 2 atom stereocenters. The lowest BCUT2D eigenvalue weighted by molar-refractivity contribution is 0.415. The minimum Gasteiger partial charge on any atom is -0.363 e. The van der Waals surface area contributed by atoms with Crippen molar-refractivity contribution in [2.24, 2.45) is 11.8 Å². The molecule has 0 radical (unpaired) electrons. The highest BCUT2D eigenvalue weighted by atomic mass is 32.2. The standard InChI is InChI=1S/C14H17N5O3S/c1-10-2-15-9-16-14(10)18-4-11-6-19(7-12(11)5-18)23(20,21)13-3-17-22-8-13/h2-3,8-9,11-12H,4-7H2,1H3. The Hall–Kier alpha value is -2.00. The van der Waals surface area contributed by atoms with E-state index in [9.17, 15) is 8.42 Å². The van der Waals surface area contributed by atoms with Gasteiger partial charge in [-0.15, -0.1) is 0 Å². The zero-order valence-corrected chi connectivity index (χ0v) is 13.5. The van der Waals surface area contributed by atoms with Gasteiger partial charge in [0.1, 0.15) is 23.3 Å². The Kier molecular flexibility index (Phi) is 3.34. The van der Waals surface area contributed by atoms with Gasteiger partial charge >= 0.3 is 0 Å². The van der Waals surface area contributed by atoms with Gasteiger partial charge < -0.3 is 9.42 Å². The van der Waals surface area contributed by atoms with E-state index >= 15 is 0 Å². The summed E-state index contributed by atoms with van der Waals surface area (Å²) in [6, 6.07) is 0. The average Bonchev–Trinajstić information content (AvgIpc) is 3.23. The molecule has 2 unspecified atom stereocenters. The Morgan fingerprint density at radius 3 is 2.52 bits per heavy atom. The summed E-state index contributed by atoms with van der Waals surface area (Å²) in [6.45, 7) is 4.68. The van der Waals surface area contributed by atoms with E-state index in [0.29, 0.717) is 24.9 Å². The first-order valence-electron chi connectivity index (χ1n) is 7.47. The second-order valence-electron chi connectivity index (χ2n) is 6.14. The van der Waals surface area contributed by atoms with Crippen molar-refractivity contribution < 1.29 is 12.9 Å². The molecule has 0 bridgehead atoms. The predicted octanol–water partition coefficient (Wildman–Crippen LogP) is 0.530. The van der Waals surface area contributed by atoms with Crippen LogP contribution in [0.5, 0.6) is 0 Å². The molecular weight excluding hydrogens is 318 g/mol. The summed E-state index contributed by atoms with van der Waals surface area (Å²) in [5.41, 5.74) is 1.04. The third-order valence-electron chi connectivity index (χ3n) is 4.67. The summed E-state index contributed by atoms with van der Waals surface area (Å²) < 4.78 is 31.3.